The van der Waals surface area contributed by atoms with Crippen LogP contribution in [0.4, 0.5) is 0 Å². The van der Waals surface area contributed by atoms with Gasteiger partial charge >= 0.3 is 0 Å². The van der Waals surface area contributed by atoms with Crippen molar-refractivity contribution in [1.29, 1.82) is 0 Å². The van der Waals surface area contributed by atoms with Gasteiger partial charge in [-0.15, -0.1) is 0 Å². The van der Waals surface area contributed by atoms with Crippen LogP contribution in [-0.4, -0.2) is 16.0 Å². The van der Waals surface area contributed by atoms with E-state index >= 15 is 0 Å². The standard InChI is InChI=1S/C35H34NOP/c1-28(36(26-29-16-6-2-7-17-29)27-30-18-8-3-9-19-30)35(37)33-24-14-15-25-34(33)38(31-20-10-4-11-21-31)32-22-12-5-13-23-32/h2-25,28,35,37H,26-27H2,1H3. The summed E-state index contributed by atoms with van der Waals surface area (Å²) >= 11 is 0. The second-order valence-electron chi connectivity index (χ2n) is 9.63. The molecule has 5 aromatic carbocycles. The van der Waals surface area contributed by atoms with E-state index in [0.29, 0.717) is 0 Å². The summed E-state index contributed by atoms with van der Waals surface area (Å²) in [5.41, 5.74) is 3.49. The highest BCUT2D eigenvalue weighted by Crippen LogP contribution is 2.36. The van der Waals surface area contributed by atoms with Crippen LogP contribution >= 0.6 is 7.92 Å². The number of benzene rings is 5. The number of rotatable bonds is 10. The van der Waals surface area contributed by atoms with Gasteiger partial charge in [0.1, 0.15) is 0 Å². The summed E-state index contributed by atoms with van der Waals surface area (Å²) in [7, 11) is -0.818. The van der Waals surface area contributed by atoms with Gasteiger partial charge in [0.25, 0.3) is 0 Å². The van der Waals surface area contributed by atoms with Gasteiger partial charge in [0, 0.05) is 19.1 Å². The molecule has 0 bridgehead atoms. The Kier molecular flexibility index (Phi) is 8.78. The lowest BCUT2D eigenvalue weighted by atomic mass is 10.0. The molecule has 0 fully saturated rings. The number of aliphatic hydroxyl groups excluding tert-OH is 1. The van der Waals surface area contributed by atoms with Gasteiger partial charge in [-0.05, 0) is 47.4 Å². The lowest BCUT2D eigenvalue weighted by molar-refractivity contribution is 0.0490. The second kappa shape index (κ2) is 12.8. The zero-order valence-corrected chi connectivity index (χ0v) is 22.7. The van der Waals surface area contributed by atoms with Gasteiger partial charge in [0.2, 0.25) is 0 Å². The fraction of sp³-hybridized carbons (Fsp3) is 0.143. The van der Waals surface area contributed by atoms with Gasteiger partial charge in [-0.2, -0.15) is 0 Å². The first kappa shape index (κ1) is 26.1. The molecule has 2 atom stereocenters. The fourth-order valence-electron chi connectivity index (χ4n) is 4.96. The van der Waals surface area contributed by atoms with Crippen molar-refractivity contribution in [1.82, 2.24) is 4.90 Å². The van der Waals surface area contributed by atoms with E-state index in [4.69, 9.17) is 0 Å². The van der Waals surface area contributed by atoms with Crippen molar-refractivity contribution in [2.45, 2.75) is 32.2 Å². The lowest BCUT2D eigenvalue weighted by Gasteiger charge is -2.34. The Morgan fingerprint density at radius 3 is 1.42 bits per heavy atom. The maximum Gasteiger partial charge on any atom is 0.0949 e. The molecular weight excluding hydrogens is 481 g/mol. The molecule has 5 rings (SSSR count). The van der Waals surface area contributed by atoms with Crippen molar-refractivity contribution in [3.05, 3.63) is 162 Å². The third kappa shape index (κ3) is 6.29. The predicted molar refractivity (Wildman–Crippen MR) is 162 cm³/mol. The number of hydrogen-bond acceptors (Lipinski definition) is 2. The van der Waals surface area contributed by atoms with Gasteiger partial charge in [0.05, 0.1) is 6.10 Å². The zero-order chi connectivity index (χ0) is 26.2. The Labute approximate surface area is 228 Å². The first-order valence-corrected chi connectivity index (χ1v) is 14.5. The summed E-state index contributed by atoms with van der Waals surface area (Å²) in [6, 6.07) is 50.9. The van der Waals surface area contributed by atoms with E-state index in [1.807, 2.05) is 0 Å². The highest BCUT2D eigenvalue weighted by Gasteiger charge is 2.28. The van der Waals surface area contributed by atoms with Crippen LogP contribution in [0.5, 0.6) is 0 Å². The molecule has 0 saturated carbocycles. The number of nitrogens with zero attached hydrogens (tertiary/aromatic N) is 1. The van der Waals surface area contributed by atoms with Crippen LogP contribution < -0.4 is 15.9 Å². The Morgan fingerprint density at radius 2 is 0.947 bits per heavy atom. The van der Waals surface area contributed by atoms with Crippen LogP contribution in [0.3, 0.4) is 0 Å². The van der Waals surface area contributed by atoms with E-state index in [-0.39, 0.29) is 6.04 Å². The van der Waals surface area contributed by atoms with Crippen molar-refractivity contribution >= 4 is 23.8 Å². The molecule has 2 unspecified atom stereocenters. The Hall–Kier alpha value is -3.55. The molecule has 0 radical (unpaired) electrons. The summed E-state index contributed by atoms with van der Waals surface area (Å²) < 4.78 is 0. The van der Waals surface area contributed by atoms with E-state index in [1.165, 1.54) is 27.0 Å². The van der Waals surface area contributed by atoms with Crippen molar-refractivity contribution < 1.29 is 5.11 Å². The Morgan fingerprint density at radius 1 is 0.553 bits per heavy atom. The van der Waals surface area contributed by atoms with E-state index in [1.54, 1.807) is 0 Å². The van der Waals surface area contributed by atoms with Gasteiger partial charge in [-0.25, -0.2) is 0 Å². The first-order chi connectivity index (χ1) is 18.7. The molecule has 0 heterocycles. The highest BCUT2D eigenvalue weighted by atomic mass is 31.1. The molecule has 0 aromatic heterocycles. The Bertz CT molecular complexity index is 1310. The van der Waals surface area contributed by atoms with E-state index in [2.05, 4.69) is 157 Å². The maximum atomic E-state index is 12.0. The van der Waals surface area contributed by atoms with Gasteiger partial charge in [-0.3, -0.25) is 4.90 Å². The summed E-state index contributed by atoms with van der Waals surface area (Å²) in [5, 5.41) is 15.8. The first-order valence-electron chi connectivity index (χ1n) is 13.2. The molecule has 190 valence electrons. The van der Waals surface area contributed by atoms with Crippen molar-refractivity contribution in [3.63, 3.8) is 0 Å². The van der Waals surface area contributed by atoms with Crippen molar-refractivity contribution in [2.75, 3.05) is 0 Å². The topological polar surface area (TPSA) is 23.5 Å². The molecule has 0 aliphatic carbocycles. The SMILES string of the molecule is CC(C(O)c1ccccc1P(c1ccccc1)c1ccccc1)N(Cc1ccccc1)Cc1ccccc1. The minimum Gasteiger partial charge on any atom is -0.387 e. The second-order valence-corrected chi connectivity index (χ2v) is 11.8. The van der Waals surface area contributed by atoms with Crippen LogP contribution in [0.1, 0.15) is 29.7 Å². The van der Waals surface area contributed by atoms with Crippen LogP contribution in [0, 0.1) is 0 Å². The van der Waals surface area contributed by atoms with Gasteiger partial charge in [-0.1, -0.05) is 146 Å². The lowest BCUT2D eigenvalue weighted by Crippen LogP contribution is -2.38. The highest BCUT2D eigenvalue weighted by molar-refractivity contribution is 7.79. The molecule has 0 spiro atoms. The molecule has 38 heavy (non-hydrogen) atoms. The largest absolute Gasteiger partial charge is 0.387 e. The van der Waals surface area contributed by atoms with Crippen LogP contribution in [-0.2, 0) is 13.1 Å². The van der Waals surface area contributed by atoms with Crippen LogP contribution in [0.2, 0.25) is 0 Å². The van der Waals surface area contributed by atoms with Crippen LogP contribution in [0.15, 0.2) is 146 Å². The molecule has 5 aromatic rings. The summed E-state index contributed by atoms with van der Waals surface area (Å²) in [6.07, 6.45) is -0.643. The monoisotopic (exact) mass is 515 g/mol. The maximum absolute atomic E-state index is 12.0. The van der Waals surface area contributed by atoms with E-state index in [0.717, 1.165) is 18.7 Å². The molecular formula is C35H34NOP. The van der Waals surface area contributed by atoms with Crippen molar-refractivity contribution in [3.8, 4) is 0 Å². The molecule has 1 N–H and O–H groups in total. The Balaban J connectivity index is 1.52. The van der Waals surface area contributed by atoms with E-state index in [9.17, 15) is 5.11 Å². The van der Waals surface area contributed by atoms with E-state index < -0.39 is 14.0 Å². The molecule has 2 nitrogen and oxygen atoms in total. The van der Waals surface area contributed by atoms with Gasteiger partial charge in [0.15, 0.2) is 0 Å². The third-order valence-corrected chi connectivity index (χ3v) is 9.53. The van der Waals surface area contributed by atoms with Gasteiger partial charge < -0.3 is 5.11 Å². The predicted octanol–water partition coefficient (Wildman–Crippen LogP) is 6.57. The quantitative estimate of drug-likeness (QED) is 0.213. The number of aliphatic hydroxyl groups is 1. The number of hydrogen-bond donors (Lipinski definition) is 1. The molecule has 0 aliphatic rings. The van der Waals surface area contributed by atoms with Crippen molar-refractivity contribution in [2.24, 2.45) is 0 Å². The molecule has 0 saturated heterocycles. The average molecular weight is 516 g/mol. The summed E-state index contributed by atoms with van der Waals surface area (Å²) in [4.78, 5) is 2.39. The smallest absolute Gasteiger partial charge is 0.0949 e. The minimum absolute atomic E-state index is 0.0973. The molecule has 0 amide bonds. The summed E-state index contributed by atoms with van der Waals surface area (Å²) in [5.74, 6) is 0. The molecule has 3 heteroatoms. The third-order valence-electron chi connectivity index (χ3n) is 7.01. The summed E-state index contributed by atoms with van der Waals surface area (Å²) in [6.45, 7) is 3.69. The molecule has 0 aliphatic heterocycles. The normalized spacial score (nSPS) is 12.9. The minimum atomic E-state index is -0.818. The zero-order valence-electron chi connectivity index (χ0n) is 21.8. The van der Waals surface area contributed by atoms with Crippen LogP contribution in [0.25, 0.3) is 0 Å². The average Bonchev–Trinajstić information content (AvgIpc) is 2.99. The fourth-order valence-corrected chi connectivity index (χ4v) is 7.46.